The number of carbonyl (C=O) groups is 2. The Morgan fingerprint density at radius 2 is 1.68 bits per heavy atom. The standard InChI is InChI=1S/C19H24N4O2/c1-13-5-3-7-16(9-13)22-19(25)23-17-8-4-6-15(11-17)12-21-18(24)10-14(2)20/h3-9,11,14H,10,12,20H2,1-2H3,(H,21,24)(H2,22,23,25). The summed E-state index contributed by atoms with van der Waals surface area (Å²) in [5.41, 5.74) is 8.95. The van der Waals surface area contributed by atoms with E-state index in [0.29, 0.717) is 12.2 Å². The van der Waals surface area contributed by atoms with E-state index in [1.165, 1.54) is 0 Å². The van der Waals surface area contributed by atoms with E-state index in [9.17, 15) is 9.59 Å². The highest BCUT2D eigenvalue weighted by atomic mass is 16.2. The monoisotopic (exact) mass is 340 g/mol. The SMILES string of the molecule is Cc1cccc(NC(=O)Nc2cccc(CNC(=O)CC(C)N)c2)c1. The van der Waals surface area contributed by atoms with Crippen LogP contribution >= 0.6 is 0 Å². The average molecular weight is 340 g/mol. The molecule has 1 atom stereocenters. The van der Waals surface area contributed by atoms with Gasteiger partial charge in [-0.25, -0.2) is 4.79 Å². The van der Waals surface area contributed by atoms with Crippen LogP contribution in [-0.2, 0) is 11.3 Å². The minimum Gasteiger partial charge on any atom is -0.352 e. The largest absolute Gasteiger partial charge is 0.352 e. The van der Waals surface area contributed by atoms with E-state index < -0.39 is 0 Å². The molecule has 0 fully saturated rings. The zero-order valence-electron chi connectivity index (χ0n) is 14.5. The Kier molecular flexibility index (Phi) is 6.54. The summed E-state index contributed by atoms with van der Waals surface area (Å²) in [6.07, 6.45) is 0.289. The zero-order valence-corrected chi connectivity index (χ0v) is 14.5. The molecule has 0 heterocycles. The number of hydrogen-bond acceptors (Lipinski definition) is 3. The van der Waals surface area contributed by atoms with Gasteiger partial charge >= 0.3 is 6.03 Å². The van der Waals surface area contributed by atoms with E-state index in [1.807, 2.05) is 49.4 Å². The Hall–Kier alpha value is -2.86. The number of benzene rings is 2. The summed E-state index contributed by atoms with van der Waals surface area (Å²) in [6, 6.07) is 14.4. The van der Waals surface area contributed by atoms with Gasteiger partial charge in [0.15, 0.2) is 0 Å². The Bertz CT molecular complexity index is 744. The Morgan fingerprint density at radius 1 is 1.04 bits per heavy atom. The summed E-state index contributed by atoms with van der Waals surface area (Å²) < 4.78 is 0. The van der Waals surface area contributed by atoms with Gasteiger partial charge in [-0.05, 0) is 49.2 Å². The van der Waals surface area contributed by atoms with Gasteiger partial charge in [-0.15, -0.1) is 0 Å². The molecule has 6 nitrogen and oxygen atoms in total. The van der Waals surface area contributed by atoms with Gasteiger partial charge in [-0.2, -0.15) is 0 Å². The Balaban J connectivity index is 1.90. The number of anilines is 2. The van der Waals surface area contributed by atoms with Crippen LogP contribution in [0.15, 0.2) is 48.5 Å². The van der Waals surface area contributed by atoms with E-state index in [2.05, 4.69) is 16.0 Å². The third-order valence-electron chi connectivity index (χ3n) is 3.46. The molecule has 0 saturated heterocycles. The summed E-state index contributed by atoms with van der Waals surface area (Å²) in [6.45, 7) is 4.14. The fourth-order valence-electron chi connectivity index (χ4n) is 2.34. The van der Waals surface area contributed by atoms with Gasteiger partial charge in [-0.3, -0.25) is 4.79 Å². The molecule has 0 aromatic heterocycles. The highest BCUT2D eigenvalue weighted by molar-refractivity contribution is 5.99. The molecule has 6 heteroatoms. The maximum Gasteiger partial charge on any atom is 0.323 e. The van der Waals surface area contributed by atoms with Gasteiger partial charge in [0.2, 0.25) is 5.91 Å². The molecule has 2 aromatic carbocycles. The first kappa shape index (κ1) is 18.5. The molecule has 0 bridgehead atoms. The lowest BCUT2D eigenvalue weighted by atomic mass is 10.2. The molecular formula is C19H24N4O2. The van der Waals surface area contributed by atoms with Crippen molar-refractivity contribution in [2.24, 2.45) is 5.73 Å². The number of hydrogen-bond donors (Lipinski definition) is 4. The number of nitrogens with two attached hydrogens (primary N) is 1. The second-order valence-electron chi connectivity index (χ2n) is 6.11. The predicted octanol–water partition coefficient (Wildman–Crippen LogP) is 2.99. The Labute approximate surface area is 147 Å². The van der Waals surface area contributed by atoms with Gasteiger partial charge in [0.25, 0.3) is 0 Å². The van der Waals surface area contributed by atoms with Crippen molar-refractivity contribution >= 4 is 23.3 Å². The first-order chi connectivity index (χ1) is 11.9. The molecule has 2 rings (SSSR count). The molecule has 132 valence electrons. The van der Waals surface area contributed by atoms with Crippen LogP contribution in [0.5, 0.6) is 0 Å². The number of rotatable bonds is 6. The molecule has 25 heavy (non-hydrogen) atoms. The third-order valence-corrected chi connectivity index (χ3v) is 3.46. The molecule has 0 saturated carbocycles. The van der Waals surface area contributed by atoms with E-state index >= 15 is 0 Å². The highest BCUT2D eigenvalue weighted by Gasteiger charge is 2.06. The smallest absolute Gasteiger partial charge is 0.323 e. The topological polar surface area (TPSA) is 96.2 Å². The van der Waals surface area contributed by atoms with Gasteiger partial charge in [0.05, 0.1) is 0 Å². The number of nitrogens with one attached hydrogen (secondary N) is 3. The van der Waals surface area contributed by atoms with Crippen molar-refractivity contribution in [1.82, 2.24) is 5.32 Å². The van der Waals surface area contributed by atoms with Crippen LogP contribution in [0.3, 0.4) is 0 Å². The minimum absolute atomic E-state index is 0.0921. The molecule has 0 aliphatic rings. The minimum atomic E-state index is -0.316. The van der Waals surface area contributed by atoms with Crippen LogP contribution < -0.4 is 21.7 Å². The van der Waals surface area contributed by atoms with Crippen LogP contribution in [0.2, 0.25) is 0 Å². The maximum absolute atomic E-state index is 12.1. The molecule has 2 aromatic rings. The van der Waals surface area contributed by atoms with Crippen molar-refractivity contribution in [3.05, 3.63) is 59.7 Å². The van der Waals surface area contributed by atoms with Crippen LogP contribution in [0.4, 0.5) is 16.2 Å². The molecular weight excluding hydrogens is 316 g/mol. The van der Waals surface area contributed by atoms with Gasteiger partial charge in [0, 0.05) is 30.4 Å². The molecule has 5 N–H and O–H groups in total. The number of amides is 3. The van der Waals surface area contributed by atoms with Crippen LogP contribution in [0.25, 0.3) is 0 Å². The molecule has 0 radical (unpaired) electrons. The zero-order chi connectivity index (χ0) is 18.2. The van der Waals surface area contributed by atoms with Crippen LogP contribution in [0.1, 0.15) is 24.5 Å². The summed E-state index contributed by atoms with van der Waals surface area (Å²) in [5, 5.41) is 8.39. The van der Waals surface area contributed by atoms with Gasteiger partial charge in [0.1, 0.15) is 0 Å². The van der Waals surface area contributed by atoms with E-state index in [-0.39, 0.29) is 24.4 Å². The molecule has 0 spiro atoms. The molecule has 0 aliphatic carbocycles. The van der Waals surface area contributed by atoms with Gasteiger partial charge < -0.3 is 21.7 Å². The predicted molar refractivity (Wildman–Crippen MR) is 100 cm³/mol. The second-order valence-corrected chi connectivity index (χ2v) is 6.11. The van der Waals surface area contributed by atoms with Crippen molar-refractivity contribution in [1.29, 1.82) is 0 Å². The fourth-order valence-corrected chi connectivity index (χ4v) is 2.34. The fraction of sp³-hybridized carbons (Fsp3) is 0.263. The van der Waals surface area contributed by atoms with Crippen LogP contribution in [0, 0.1) is 6.92 Å². The second kappa shape index (κ2) is 8.84. The Morgan fingerprint density at radius 3 is 2.32 bits per heavy atom. The third kappa shape index (κ3) is 6.64. The number of aryl methyl sites for hydroxylation is 1. The lowest BCUT2D eigenvalue weighted by Gasteiger charge is -2.11. The summed E-state index contributed by atoms with van der Waals surface area (Å²) in [5.74, 6) is -0.0921. The lowest BCUT2D eigenvalue weighted by Crippen LogP contribution is -2.29. The first-order valence-corrected chi connectivity index (χ1v) is 8.18. The summed E-state index contributed by atoms with van der Waals surface area (Å²) in [7, 11) is 0. The lowest BCUT2D eigenvalue weighted by molar-refractivity contribution is -0.121. The van der Waals surface area contributed by atoms with Crippen LogP contribution in [-0.4, -0.2) is 18.0 Å². The summed E-state index contributed by atoms with van der Waals surface area (Å²) >= 11 is 0. The number of carbonyl (C=O) groups excluding carboxylic acids is 2. The summed E-state index contributed by atoms with van der Waals surface area (Å²) in [4.78, 5) is 23.7. The molecule has 1 unspecified atom stereocenters. The maximum atomic E-state index is 12.1. The highest BCUT2D eigenvalue weighted by Crippen LogP contribution is 2.13. The van der Waals surface area contributed by atoms with E-state index in [1.54, 1.807) is 13.0 Å². The normalized spacial score (nSPS) is 11.5. The van der Waals surface area contributed by atoms with Gasteiger partial charge in [-0.1, -0.05) is 24.3 Å². The van der Waals surface area contributed by atoms with E-state index in [0.717, 1.165) is 16.8 Å². The van der Waals surface area contributed by atoms with Crippen molar-refractivity contribution in [2.75, 3.05) is 10.6 Å². The average Bonchev–Trinajstić information content (AvgIpc) is 2.52. The molecule has 3 amide bonds. The number of urea groups is 1. The van der Waals surface area contributed by atoms with Crippen molar-refractivity contribution in [2.45, 2.75) is 32.9 Å². The quantitative estimate of drug-likeness (QED) is 0.651. The molecule has 0 aliphatic heterocycles. The van der Waals surface area contributed by atoms with E-state index in [4.69, 9.17) is 5.73 Å². The first-order valence-electron chi connectivity index (χ1n) is 8.18. The van der Waals surface area contributed by atoms with Crippen molar-refractivity contribution in [3.8, 4) is 0 Å². The van der Waals surface area contributed by atoms with Crippen molar-refractivity contribution in [3.63, 3.8) is 0 Å². The van der Waals surface area contributed by atoms with Crippen molar-refractivity contribution < 1.29 is 9.59 Å².